The molecule has 1 amide bonds. The molecule has 1 fully saturated rings. The zero-order chi connectivity index (χ0) is 17.1. The molecular weight excluding hydrogens is 451 g/mol. The van der Waals surface area contributed by atoms with Gasteiger partial charge in [-0.2, -0.15) is 0 Å². The van der Waals surface area contributed by atoms with Gasteiger partial charge in [-0.15, -0.1) is 0 Å². The largest absolute Gasteiger partial charge is 0.293 e. The summed E-state index contributed by atoms with van der Waals surface area (Å²) in [5.74, 6) is -0.00624. The van der Waals surface area contributed by atoms with Crippen LogP contribution in [-0.4, -0.2) is 21.7 Å². The van der Waals surface area contributed by atoms with Crippen molar-refractivity contribution in [1.29, 1.82) is 0 Å². The second kappa shape index (κ2) is 7.67. The number of para-hydroxylation sites is 1. The fraction of sp³-hybridized carbons (Fsp3) is 0.111. The molecule has 0 aromatic heterocycles. The number of halogens is 1. The summed E-state index contributed by atoms with van der Waals surface area (Å²) in [5, 5.41) is 0. The van der Waals surface area contributed by atoms with Gasteiger partial charge >= 0.3 is 0 Å². The Hall–Kier alpha value is -1.38. The van der Waals surface area contributed by atoms with Crippen LogP contribution >= 0.6 is 46.8 Å². The molecule has 0 N–H and O–H groups in total. The number of allylic oxidation sites excluding steroid dienone is 6. The number of benzene rings is 1. The highest BCUT2D eigenvalue weighted by molar-refractivity contribution is 14.1. The maximum Gasteiger partial charge on any atom is 0.266 e. The van der Waals surface area contributed by atoms with Crippen molar-refractivity contribution >= 4 is 68.3 Å². The lowest BCUT2D eigenvalue weighted by atomic mass is 10.0. The first-order valence-corrected chi connectivity index (χ1v) is 9.65. The van der Waals surface area contributed by atoms with E-state index in [9.17, 15) is 4.79 Å². The van der Waals surface area contributed by atoms with Gasteiger partial charge in [-0.3, -0.25) is 12.8 Å². The summed E-state index contributed by atoms with van der Waals surface area (Å²) in [7, 11) is 0. The number of likely N-dealkylation sites (N-methyl/N-ethyl adjacent to an activating group) is 1. The lowest BCUT2D eigenvalue weighted by Gasteiger charge is -2.21. The van der Waals surface area contributed by atoms with Crippen LogP contribution in [0.4, 0.5) is 5.69 Å². The predicted octanol–water partition coefficient (Wildman–Crippen LogP) is 5.07. The Balaban J connectivity index is 1.78. The van der Waals surface area contributed by atoms with Gasteiger partial charge in [0, 0.05) is 18.3 Å². The summed E-state index contributed by atoms with van der Waals surface area (Å²) in [6.07, 6.45) is 11.8. The van der Waals surface area contributed by atoms with Gasteiger partial charge in [-0.05, 0) is 30.7 Å². The van der Waals surface area contributed by atoms with Crippen molar-refractivity contribution in [2.75, 3.05) is 9.66 Å². The third-order valence-electron chi connectivity index (χ3n) is 3.65. The molecule has 3 rings (SSSR count). The first-order chi connectivity index (χ1) is 11.6. The summed E-state index contributed by atoms with van der Waals surface area (Å²) in [5.41, 5.74) is 3.50. The van der Waals surface area contributed by atoms with E-state index < -0.39 is 0 Å². The maximum atomic E-state index is 12.1. The van der Waals surface area contributed by atoms with Gasteiger partial charge in [0.15, 0.2) is 0 Å². The van der Waals surface area contributed by atoms with E-state index in [1.165, 1.54) is 23.0 Å². The quantitative estimate of drug-likeness (QED) is 0.269. The lowest BCUT2D eigenvalue weighted by Crippen LogP contribution is -2.27. The van der Waals surface area contributed by atoms with E-state index in [0.717, 1.165) is 5.57 Å². The van der Waals surface area contributed by atoms with Gasteiger partial charge in [0.05, 0.1) is 33.5 Å². The van der Waals surface area contributed by atoms with Crippen LogP contribution in [0.3, 0.4) is 0 Å². The van der Waals surface area contributed by atoms with Crippen LogP contribution in [0, 0.1) is 0 Å². The Kier molecular flexibility index (Phi) is 5.57. The van der Waals surface area contributed by atoms with Crippen LogP contribution in [0.15, 0.2) is 65.8 Å². The monoisotopic (exact) mass is 466 g/mol. The number of hydrogen-bond donors (Lipinski definition) is 0. The first kappa shape index (κ1) is 17.4. The van der Waals surface area contributed by atoms with Gasteiger partial charge in [-0.25, -0.2) is 0 Å². The third-order valence-corrected chi connectivity index (χ3v) is 5.89. The number of carbonyl (C=O) groups is 1. The lowest BCUT2D eigenvalue weighted by molar-refractivity contribution is -0.122. The van der Waals surface area contributed by atoms with Crippen molar-refractivity contribution in [2.24, 2.45) is 0 Å². The Morgan fingerprint density at radius 2 is 2.00 bits per heavy atom. The van der Waals surface area contributed by atoms with E-state index in [1.54, 1.807) is 4.90 Å². The number of amides is 1. The summed E-state index contributed by atoms with van der Waals surface area (Å²) in [6, 6.07) is 8.28. The zero-order valence-corrected chi connectivity index (χ0v) is 16.8. The highest BCUT2D eigenvalue weighted by Gasteiger charge is 2.29. The molecule has 1 saturated heterocycles. The second-order valence-electron chi connectivity index (χ2n) is 5.10. The van der Waals surface area contributed by atoms with Crippen molar-refractivity contribution < 1.29 is 4.79 Å². The SMILES string of the molecule is CCN1C(=O)\C(=C/C=C\C=C2\C=CN(I)c3ccccc32)SC1=S. The van der Waals surface area contributed by atoms with E-state index >= 15 is 0 Å². The average molecular weight is 466 g/mol. The molecule has 0 spiro atoms. The normalized spacial score (nSPS) is 20.8. The molecule has 0 aliphatic carbocycles. The van der Waals surface area contributed by atoms with E-state index in [-0.39, 0.29) is 5.91 Å². The molecule has 122 valence electrons. The molecule has 6 heteroatoms. The average Bonchev–Trinajstić information content (AvgIpc) is 2.87. The molecule has 0 bridgehead atoms. The number of nitrogens with zero attached hydrogens (tertiary/aromatic N) is 2. The van der Waals surface area contributed by atoms with Gasteiger partial charge in [-0.1, -0.05) is 60.4 Å². The minimum absolute atomic E-state index is 0.00624. The van der Waals surface area contributed by atoms with Crippen LogP contribution in [0.25, 0.3) is 5.57 Å². The number of anilines is 1. The molecular formula is C18H15IN2OS2. The molecule has 1 aromatic carbocycles. The molecule has 0 saturated carbocycles. The topological polar surface area (TPSA) is 23.6 Å². The molecule has 0 unspecified atom stereocenters. The summed E-state index contributed by atoms with van der Waals surface area (Å²) >= 11 is 8.84. The van der Waals surface area contributed by atoms with E-state index in [0.29, 0.717) is 15.8 Å². The first-order valence-electron chi connectivity index (χ1n) is 7.46. The molecule has 24 heavy (non-hydrogen) atoms. The van der Waals surface area contributed by atoms with Crippen molar-refractivity contribution in [1.82, 2.24) is 4.90 Å². The van der Waals surface area contributed by atoms with Gasteiger partial charge < -0.3 is 0 Å². The Labute approximate surface area is 165 Å². The molecule has 1 aromatic rings. The van der Waals surface area contributed by atoms with Gasteiger partial charge in [0.25, 0.3) is 5.91 Å². The molecule has 2 aliphatic rings. The van der Waals surface area contributed by atoms with Crippen LogP contribution < -0.4 is 3.11 Å². The summed E-state index contributed by atoms with van der Waals surface area (Å²) in [6.45, 7) is 2.54. The number of carbonyl (C=O) groups excluding carboxylic acids is 1. The molecule has 2 heterocycles. The number of fused-ring (bicyclic) bond motifs is 1. The minimum atomic E-state index is -0.00624. The fourth-order valence-electron chi connectivity index (χ4n) is 2.45. The smallest absolute Gasteiger partial charge is 0.266 e. The summed E-state index contributed by atoms with van der Waals surface area (Å²) < 4.78 is 2.70. The molecule has 3 nitrogen and oxygen atoms in total. The third kappa shape index (κ3) is 3.50. The Morgan fingerprint density at radius 3 is 2.75 bits per heavy atom. The van der Waals surface area contributed by atoms with Gasteiger partial charge in [0.2, 0.25) is 0 Å². The number of rotatable bonds is 3. The van der Waals surface area contributed by atoms with Crippen LogP contribution in [0.1, 0.15) is 12.5 Å². The van der Waals surface area contributed by atoms with E-state index in [1.807, 2.05) is 43.5 Å². The Bertz CT molecular complexity index is 811. The number of thioether (sulfide) groups is 1. The number of hydrogen-bond acceptors (Lipinski definition) is 4. The maximum absolute atomic E-state index is 12.1. The molecule has 0 atom stereocenters. The van der Waals surface area contributed by atoms with E-state index in [4.69, 9.17) is 12.2 Å². The van der Waals surface area contributed by atoms with Gasteiger partial charge in [0.1, 0.15) is 4.32 Å². The van der Waals surface area contributed by atoms with Crippen LogP contribution in [0.5, 0.6) is 0 Å². The second-order valence-corrected chi connectivity index (χ2v) is 7.81. The van der Waals surface area contributed by atoms with Crippen LogP contribution in [-0.2, 0) is 4.79 Å². The highest BCUT2D eigenvalue weighted by atomic mass is 127. The fourth-order valence-corrected chi connectivity index (χ4v) is 4.37. The van der Waals surface area contributed by atoms with Crippen molar-refractivity contribution in [2.45, 2.75) is 6.92 Å². The predicted molar refractivity (Wildman–Crippen MR) is 115 cm³/mol. The minimum Gasteiger partial charge on any atom is -0.293 e. The van der Waals surface area contributed by atoms with Crippen molar-refractivity contribution in [3.8, 4) is 0 Å². The summed E-state index contributed by atoms with van der Waals surface area (Å²) in [4.78, 5) is 14.4. The van der Waals surface area contributed by atoms with Crippen LogP contribution in [0.2, 0.25) is 0 Å². The Morgan fingerprint density at radius 1 is 1.25 bits per heavy atom. The molecule has 2 aliphatic heterocycles. The van der Waals surface area contributed by atoms with Crippen molar-refractivity contribution in [3.05, 3.63) is 71.3 Å². The number of thiocarbonyl (C=S) groups is 1. The highest BCUT2D eigenvalue weighted by Crippen LogP contribution is 2.34. The van der Waals surface area contributed by atoms with E-state index in [2.05, 4.69) is 50.3 Å². The zero-order valence-electron chi connectivity index (χ0n) is 13.0. The molecule has 0 radical (unpaired) electrons. The van der Waals surface area contributed by atoms with Crippen molar-refractivity contribution in [3.63, 3.8) is 0 Å². The standard InChI is InChI=1S/C18H15IN2OS2/c1-2-20-17(22)16(24-18(20)23)10-6-3-7-13-11-12-21(19)15-9-5-4-8-14(13)15/h3-12H,2H2,1H3/b6-3-,13-7-,16-10+.